The van der Waals surface area contributed by atoms with E-state index in [1.807, 2.05) is 0 Å². The van der Waals surface area contributed by atoms with Crippen LogP contribution < -0.4 is 20.7 Å². The molecular weight excluding hydrogens is 372 g/mol. The zero-order valence-electron chi connectivity index (χ0n) is 15.4. The molecule has 2 heterocycles. The van der Waals surface area contributed by atoms with Crippen molar-refractivity contribution in [3.8, 4) is 5.75 Å². The van der Waals surface area contributed by atoms with E-state index in [9.17, 15) is 14.4 Å². The van der Waals surface area contributed by atoms with Crippen LogP contribution in [0.2, 0.25) is 0 Å². The lowest BCUT2D eigenvalue weighted by Crippen LogP contribution is -2.48. The van der Waals surface area contributed by atoms with Crippen molar-refractivity contribution in [1.82, 2.24) is 20.9 Å². The second kappa shape index (κ2) is 8.58. The fraction of sp³-hybridized carbons (Fsp3) is 0.500. The Balaban J connectivity index is 0.00000261. The lowest BCUT2D eigenvalue weighted by Gasteiger charge is -2.25. The van der Waals surface area contributed by atoms with E-state index >= 15 is 0 Å². The van der Waals surface area contributed by atoms with Crippen molar-refractivity contribution in [2.75, 3.05) is 26.7 Å². The number of carbonyl (C=O) groups is 3. The van der Waals surface area contributed by atoms with Gasteiger partial charge in [-0.25, -0.2) is 4.79 Å². The predicted molar refractivity (Wildman–Crippen MR) is 102 cm³/mol. The summed E-state index contributed by atoms with van der Waals surface area (Å²) >= 11 is 0. The standard InChI is InChI=1S/C18H24N4O4.ClH/c1-18(12-3-5-14(26-2)6-4-12)16(24)22(17(25)21-18)11-15(23)20-13-7-9-19-10-8-13;/h3-6,13,19H,7-11H2,1-2H3,(H,20,23)(H,21,25);1H. The first-order chi connectivity index (χ1) is 12.4. The van der Waals surface area contributed by atoms with E-state index in [4.69, 9.17) is 4.74 Å². The van der Waals surface area contributed by atoms with Crippen molar-refractivity contribution in [3.63, 3.8) is 0 Å². The molecule has 3 N–H and O–H groups in total. The third-order valence-electron chi connectivity index (χ3n) is 4.95. The van der Waals surface area contributed by atoms with Crippen LogP contribution in [-0.4, -0.2) is 55.5 Å². The minimum absolute atomic E-state index is 0. The van der Waals surface area contributed by atoms with Gasteiger partial charge in [-0.15, -0.1) is 12.4 Å². The molecule has 27 heavy (non-hydrogen) atoms. The van der Waals surface area contributed by atoms with Gasteiger partial charge in [-0.05, 0) is 50.6 Å². The van der Waals surface area contributed by atoms with Crippen molar-refractivity contribution in [3.05, 3.63) is 29.8 Å². The average Bonchev–Trinajstić information content (AvgIpc) is 2.86. The van der Waals surface area contributed by atoms with Crippen LogP contribution in [0.25, 0.3) is 0 Å². The maximum Gasteiger partial charge on any atom is 0.325 e. The zero-order chi connectivity index (χ0) is 18.7. The van der Waals surface area contributed by atoms with E-state index in [0.29, 0.717) is 11.3 Å². The van der Waals surface area contributed by atoms with Gasteiger partial charge in [0, 0.05) is 6.04 Å². The molecule has 0 saturated carbocycles. The molecule has 2 saturated heterocycles. The first-order valence-electron chi connectivity index (χ1n) is 8.73. The molecule has 1 aromatic rings. The van der Waals surface area contributed by atoms with E-state index in [1.165, 1.54) is 0 Å². The first-order valence-corrected chi connectivity index (χ1v) is 8.73. The normalized spacial score (nSPS) is 22.8. The van der Waals surface area contributed by atoms with E-state index in [0.717, 1.165) is 30.8 Å². The number of ether oxygens (including phenoxy) is 1. The highest BCUT2D eigenvalue weighted by Crippen LogP contribution is 2.29. The summed E-state index contributed by atoms with van der Waals surface area (Å²) < 4.78 is 5.12. The summed E-state index contributed by atoms with van der Waals surface area (Å²) in [6, 6.07) is 6.44. The second-order valence-electron chi connectivity index (χ2n) is 6.77. The topological polar surface area (TPSA) is 99.8 Å². The molecule has 3 rings (SSSR count). The molecule has 1 unspecified atom stereocenters. The Labute approximate surface area is 164 Å². The number of benzene rings is 1. The lowest BCUT2D eigenvalue weighted by molar-refractivity contribution is -0.135. The largest absolute Gasteiger partial charge is 0.497 e. The molecule has 0 aliphatic carbocycles. The number of hydrogen-bond acceptors (Lipinski definition) is 5. The van der Waals surface area contributed by atoms with Crippen LogP contribution in [0, 0.1) is 0 Å². The van der Waals surface area contributed by atoms with E-state index in [-0.39, 0.29) is 30.9 Å². The van der Waals surface area contributed by atoms with Crippen molar-refractivity contribution in [1.29, 1.82) is 0 Å². The van der Waals surface area contributed by atoms with E-state index in [2.05, 4.69) is 16.0 Å². The number of halogens is 1. The molecule has 0 spiro atoms. The molecule has 1 aromatic carbocycles. The van der Waals surface area contributed by atoms with Gasteiger partial charge < -0.3 is 20.7 Å². The molecule has 148 valence electrons. The number of nitrogens with one attached hydrogen (secondary N) is 3. The van der Waals surface area contributed by atoms with Crippen molar-refractivity contribution >= 4 is 30.3 Å². The number of amides is 4. The molecule has 8 nitrogen and oxygen atoms in total. The van der Waals surface area contributed by atoms with Crippen LogP contribution in [0.1, 0.15) is 25.3 Å². The van der Waals surface area contributed by atoms with E-state index in [1.54, 1.807) is 38.3 Å². The van der Waals surface area contributed by atoms with E-state index < -0.39 is 17.5 Å². The SMILES string of the molecule is COc1ccc(C2(C)NC(=O)N(CC(=O)NC3CCNCC3)C2=O)cc1.Cl. The predicted octanol–water partition coefficient (Wildman–Crippen LogP) is 0.752. The molecule has 4 amide bonds. The number of hydrogen-bond donors (Lipinski definition) is 3. The molecule has 1 atom stereocenters. The summed E-state index contributed by atoms with van der Waals surface area (Å²) in [6.07, 6.45) is 1.69. The zero-order valence-corrected chi connectivity index (χ0v) is 16.2. The number of urea groups is 1. The third kappa shape index (κ3) is 4.33. The van der Waals surface area contributed by atoms with Gasteiger partial charge in [0.05, 0.1) is 7.11 Å². The number of methoxy groups -OCH3 is 1. The molecule has 0 bridgehead atoms. The molecule has 9 heteroatoms. The fourth-order valence-electron chi connectivity index (χ4n) is 3.34. The number of nitrogens with zero attached hydrogens (tertiary/aromatic N) is 1. The highest BCUT2D eigenvalue weighted by molar-refractivity contribution is 6.09. The summed E-state index contributed by atoms with van der Waals surface area (Å²) in [5, 5.41) is 8.82. The quantitative estimate of drug-likeness (QED) is 0.638. The van der Waals surface area contributed by atoms with Crippen LogP contribution >= 0.6 is 12.4 Å². The summed E-state index contributed by atoms with van der Waals surface area (Å²) in [6.45, 7) is 3.06. The molecule has 0 radical (unpaired) electrons. The number of imide groups is 1. The van der Waals surface area contributed by atoms with Gasteiger partial charge in [0.15, 0.2) is 0 Å². The first kappa shape index (κ1) is 21.0. The Morgan fingerprint density at radius 2 is 1.89 bits per heavy atom. The summed E-state index contributed by atoms with van der Waals surface area (Å²) in [5.41, 5.74) is -0.559. The van der Waals surface area contributed by atoms with Crippen molar-refractivity contribution < 1.29 is 19.1 Å². The Bertz CT molecular complexity index is 706. The van der Waals surface area contributed by atoms with Gasteiger partial charge in [-0.2, -0.15) is 0 Å². The molecule has 2 fully saturated rings. The Kier molecular flexibility index (Phi) is 6.67. The smallest absolute Gasteiger partial charge is 0.325 e. The average molecular weight is 397 g/mol. The summed E-state index contributed by atoms with van der Waals surface area (Å²) in [5.74, 6) is -0.0974. The number of carbonyl (C=O) groups excluding carboxylic acids is 3. The second-order valence-corrected chi connectivity index (χ2v) is 6.77. The minimum Gasteiger partial charge on any atom is -0.497 e. The summed E-state index contributed by atoms with van der Waals surface area (Å²) in [7, 11) is 1.56. The highest BCUT2D eigenvalue weighted by Gasteiger charge is 2.49. The van der Waals surface area contributed by atoms with Gasteiger partial charge in [0.25, 0.3) is 5.91 Å². The van der Waals surface area contributed by atoms with Crippen LogP contribution in [0.3, 0.4) is 0 Å². The van der Waals surface area contributed by atoms with Crippen LogP contribution in [0.5, 0.6) is 5.75 Å². The molecule has 2 aliphatic rings. The number of rotatable bonds is 5. The third-order valence-corrected chi connectivity index (χ3v) is 4.95. The lowest BCUT2D eigenvalue weighted by atomic mass is 9.92. The Morgan fingerprint density at radius 3 is 2.48 bits per heavy atom. The van der Waals surface area contributed by atoms with Crippen molar-refractivity contribution in [2.24, 2.45) is 0 Å². The fourth-order valence-corrected chi connectivity index (χ4v) is 3.34. The van der Waals surface area contributed by atoms with Crippen LogP contribution in [0.4, 0.5) is 4.79 Å². The van der Waals surface area contributed by atoms with Gasteiger partial charge in [0.2, 0.25) is 5.91 Å². The maximum atomic E-state index is 12.8. The minimum atomic E-state index is -1.20. The Hall–Kier alpha value is -2.32. The number of piperidine rings is 1. The Morgan fingerprint density at radius 1 is 1.26 bits per heavy atom. The van der Waals surface area contributed by atoms with Gasteiger partial charge in [-0.3, -0.25) is 14.5 Å². The maximum absolute atomic E-state index is 12.8. The molecule has 2 aliphatic heterocycles. The van der Waals surface area contributed by atoms with Crippen molar-refractivity contribution in [2.45, 2.75) is 31.3 Å². The molecular formula is C18H25ClN4O4. The van der Waals surface area contributed by atoms with Crippen LogP contribution in [0.15, 0.2) is 24.3 Å². The molecule has 0 aromatic heterocycles. The van der Waals surface area contributed by atoms with Gasteiger partial charge in [-0.1, -0.05) is 12.1 Å². The van der Waals surface area contributed by atoms with Gasteiger partial charge in [0.1, 0.15) is 17.8 Å². The summed E-state index contributed by atoms with van der Waals surface area (Å²) in [4.78, 5) is 38.4. The monoisotopic (exact) mass is 396 g/mol. The van der Waals surface area contributed by atoms with Gasteiger partial charge >= 0.3 is 6.03 Å². The van der Waals surface area contributed by atoms with Crippen LogP contribution in [-0.2, 0) is 15.1 Å². The highest BCUT2D eigenvalue weighted by atomic mass is 35.5.